The first-order valence-corrected chi connectivity index (χ1v) is 28.7. The Bertz CT molecular complexity index is 2570. The normalized spacial score (nSPS) is 14.6. The predicted molar refractivity (Wildman–Crippen MR) is 314 cm³/mol. The molecule has 74 heavy (non-hydrogen) atoms. The van der Waals surface area contributed by atoms with Crippen LogP contribution in [0, 0.1) is 32.5 Å². The summed E-state index contributed by atoms with van der Waals surface area (Å²) in [5.41, 5.74) is -1.94. The van der Waals surface area contributed by atoms with Gasteiger partial charge in [0.2, 0.25) is 0 Å². The Morgan fingerprint density at radius 2 is 0.568 bits per heavy atom. The van der Waals surface area contributed by atoms with Gasteiger partial charge in [0, 0.05) is 86.9 Å². The minimum Gasteiger partial charge on any atom is -0.317 e. The maximum absolute atomic E-state index is 18.6. The number of likely N-dealkylation sites (N-methyl/N-ethyl adjacent to an activating group) is 3. The SMILES string of the molecule is CN(C)CCc1cn(C(OP(=O)(OC(n2cc(CCN(C)C)c3ccccc32)(C(C)(C)C)C(C)(C)C)OC(n2cc(CCN(C)C)c3ccccc32)(C(C)(C)C)C(C)(C)C)(C(C)(C)C)C(C)(C)C)c2ccccc12. The summed E-state index contributed by atoms with van der Waals surface area (Å²) in [6, 6.07) is 25.8. The standard InChI is InChI=1S/C63H99N6O4P/c1-55(2,3)61(56(4,5)6,67-43-46(37-40-64(19)20)49-31-25-28-34-52(49)67)71-74(70,72-62(57(7,8)9,58(10,11)12)68-44-47(38-41-65(21)22)50-32-26-29-35-53(50)68)73-63(59(13,14)15,60(16,17)18)69-45-48(39-42-66(23)24)51-33-27-30-36-54(51)69/h25-36,43-45H,37-42H2,1-24H3. The third kappa shape index (κ3) is 10.7. The second kappa shape index (κ2) is 20.6. The van der Waals surface area contributed by atoms with Crippen LogP contribution in [0.25, 0.3) is 32.7 Å². The van der Waals surface area contributed by atoms with Gasteiger partial charge in [0.1, 0.15) is 0 Å². The van der Waals surface area contributed by atoms with Gasteiger partial charge in [0.05, 0.1) is 16.6 Å². The Kier molecular flexibility index (Phi) is 16.5. The molecule has 0 aliphatic heterocycles. The lowest BCUT2D eigenvalue weighted by molar-refractivity contribution is -0.259. The number of hydrogen-bond acceptors (Lipinski definition) is 7. The molecule has 6 rings (SSSR count). The summed E-state index contributed by atoms with van der Waals surface area (Å²) in [6.45, 7) is 42.4. The maximum atomic E-state index is 18.6. The first-order valence-electron chi connectivity index (χ1n) is 27.2. The Labute approximate surface area is 448 Å². The number of phosphoric acid groups is 1. The molecule has 3 aromatic carbocycles. The summed E-state index contributed by atoms with van der Waals surface area (Å²) in [5, 5.41) is 3.41. The fourth-order valence-corrected chi connectivity index (χ4v) is 16.2. The van der Waals surface area contributed by atoms with E-state index in [2.05, 4.69) is 287 Å². The molecule has 0 bridgehead atoms. The highest BCUT2D eigenvalue weighted by molar-refractivity contribution is 7.48. The molecule has 0 aliphatic rings. The molecule has 0 fully saturated rings. The Morgan fingerprint density at radius 3 is 0.757 bits per heavy atom. The van der Waals surface area contributed by atoms with Crippen LogP contribution in [0.15, 0.2) is 91.4 Å². The van der Waals surface area contributed by atoms with E-state index in [-0.39, 0.29) is 0 Å². The Morgan fingerprint density at radius 1 is 0.365 bits per heavy atom. The van der Waals surface area contributed by atoms with Crippen LogP contribution < -0.4 is 0 Å². The van der Waals surface area contributed by atoms with E-state index in [4.69, 9.17) is 13.6 Å². The van der Waals surface area contributed by atoms with Crippen molar-refractivity contribution in [2.45, 2.75) is 161 Å². The molecule has 0 saturated heterocycles. The zero-order chi connectivity index (χ0) is 55.6. The van der Waals surface area contributed by atoms with E-state index in [9.17, 15) is 0 Å². The number of phosphoric ester groups is 1. The molecule has 3 heterocycles. The minimum atomic E-state index is -5.05. The van der Waals surface area contributed by atoms with Crippen LogP contribution in [0.1, 0.15) is 141 Å². The zero-order valence-corrected chi connectivity index (χ0v) is 51.6. The smallest absolute Gasteiger partial charge is 0.317 e. The van der Waals surface area contributed by atoms with Crippen LogP contribution in [0.5, 0.6) is 0 Å². The van der Waals surface area contributed by atoms with Gasteiger partial charge in [-0.3, -0.25) is 13.6 Å². The van der Waals surface area contributed by atoms with Crippen molar-refractivity contribution in [1.82, 2.24) is 28.4 Å². The molecule has 410 valence electrons. The van der Waals surface area contributed by atoms with Crippen molar-refractivity contribution in [3.05, 3.63) is 108 Å². The summed E-state index contributed by atoms with van der Waals surface area (Å²) in [5.74, 6) is 0. The fraction of sp³-hybridized carbons (Fsp3) is 0.619. The summed E-state index contributed by atoms with van der Waals surface area (Å²) in [7, 11) is 7.67. The van der Waals surface area contributed by atoms with Gasteiger partial charge in [0.25, 0.3) is 0 Å². The fourth-order valence-electron chi connectivity index (χ4n) is 13.2. The molecule has 0 saturated carbocycles. The lowest BCUT2D eigenvalue weighted by Crippen LogP contribution is -2.60. The molecule has 0 N–H and O–H groups in total. The summed E-state index contributed by atoms with van der Waals surface area (Å²) < 4.78 is 50.2. The number of para-hydroxylation sites is 3. The lowest BCUT2D eigenvalue weighted by atomic mass is 9.68. The first-order chi connectivity index (χ1) is 33.8. The van der Waals surface area contributed by atoms with Gasteiger partial charge in [-0.25, -0.2) is 4.57 Å². The highest BCUT2D eigenvalue weighted by Crippen LogP contribution is 2.73. The molecule has 0 unspecified atom stereocenters. The first kappa shape index (κ1) is 59.5. The molecule has 3 aromatic heterocycles. The number of benzene rings is 3. The van der Waals surface area contributed by atoms with E-state index in [1.54, 1.807) is 0 Å². The lowest BCUT2D eigenvalue weighted by Gasteiger charge is -2.60. The van der Waals surface area contributed by atoms with E-state index in [1.165, 1.54) is 16.7 Å². The van der Waals surface area contributed by atoms with Crippen molar-refractivity contribution in [1.29, 1.82) is 0 Å². The van der Waals surface area contributed by atoms with Crippen molar-refractivity contribution < 1.29 is 18.1 Å². The van der Waals surface area contributed by atoms with E-state index >= 15 is 4.57 Å². The topological polar surface area (TPSA) is 69.3 Å². The minimum absolute atomic E-state index is 0.731. The molecule has 6 aromatic rings. The predicted octanol–water partition coefficient (Wildman–Crippen LogP) is 15.7. The molecule has 0 spiro atoms. The number of rotatable bonds is 18. The van der Waals surface area contributed by atoms with Crippen molar-refractivity contribution in [3.8, 4) is 0 Å². The van der Waals surface area contributed by atoms with E-state index in [0.29, 0.717) is 0 Å². The molecule has 0 amide bonds. The van der Waals surface area contributed by atoms with E-state index < -0.39 is 57.5 Å². The Balaban J connectivity index is 1.85. The maximum Gasteiger partial charge on any atom is 0.481 e. The van der Waals surface area contributed by atoms with Gasteiger partial charge in [0.15, 0.2) is 17.2 Å². The monoisotopic (exact) mass is 1030 g/mol. The molecule has 10 nitrogen and oxygen atoms in total. The Hall–Kier alpha value is -3.73. The van der Waals surface area contributed by atoms with E-state index in [1.807, 2.05) is 0 Å². The molecular weight excluding hydrogens is 936 g/mol. The summed E-state index contributed by atoms with van der Waals surface area (Å²) in [4.78, 5) is 6.68. The largest absolute Gasteiger partial charge is 0.481 e. The number of aromatic nitrogens is 3. The second-order valence-electron chi connectivity index (χ2n) is 28.4. The van der Waals surface area contributed by atoms with Gasteiger partial charge in [-0.15, -0.1) is 0 Å². The van der Waals surface area contributed by atoms with Gasteiger partial charge < -0.3 is 28.4 Å². The molecular formula is C63H99N6O4P. The highest BCUT2D eigenvalue weighted by Gasteiger charge is 2.67. The summed E-state index contributed by atoms with van der Waals surface area (Å²) in [6.07, 6.45) is 9.25. The van der Waals surface area contributed by atoms with Gasteiger partial charge in [-0.1, -0.05) is 179 Å². The third-order valence-corrected chi connectivity index (χ3v) is 17.2. The van der Waals surface area contributed by atoms with E-state index in [0.717, 1.165) is 71.6 Å². The van der Waals surface area contributed by atoms with Crippen LogP contribution in [0.4, 0.5) is 0 Å². The average Bonchev–Trinajstić information content (AvgIpc) is 3.94. The molecule has 0 atom stereocenters. The van der Waals surface area contributed by atoms with Crippen LogP contribution >= 0.6 is 7.82 Å². The molecule has 11 heteroatoms. The van der Waals surface area contributed by atoms with Crippen LogP contribution in [0.3, 0.4) is 0 Å². The van der Waals surface area contributed by atoms with Gasteiger partial charge in [-0.2, -0.15) is 0 Å². The third-order valence-electron chi connectivity index (χ3n) is 15.7. The highest BCUT2D eigenvalue weighted by atomic mass is 31.2. The zero-order valence-electron chi connectivity index (χ0n) is 50.7. The average molecular weight is 1040 g/mol. The number of nitrogens with zero attached hydrogens (tertiary/aromatic N) is 6. The molecule has 0 radical (unpaired) electrons. The van der Waals surface area contributed by atoms with Crippen molar-refractivity contribution in [3.63, 3.8) is 0 Å². The van der Waals surface area contributed by atoms with Crippen LogP contribution in [-0.2, 0) is 54.6 Å². The summed E-state index contributed by atoms with van der Waals surface area (Å²) >= 11 is 0. The van der Waals surface area contributed by atoms with Gasteiger partial charge >= 0.3 is 7.82 Å². The van der Waals surface area contributed by atoms with Crippen molar-refractivity contribution in [2.75, 3.05) is 61.9 Å². The van der Waals surface area contributed by atoms with Crippen molar-refractivity contribution in [2.24, 2.45) is 32.5 Å². The number of hydrogen-bond donors (Lipinski definition) is 0. The second-order valence-corrected chi connectivity index (χ2v) is 29.9. The number of fused-ring (bicyclic) bond motifs is 3. The van der Waals surface area contributed by atoms with Crippen molar-refractivity contribution >= 4 is 40.5 Å². The van der Waals surface area contributed by atoms with Gasteiger partial charge in [-0.05, 0) is 96.4 Å². The quantitative estimate of drug-likeness (QED) is 0.0795. The van der Waals surface area contributed by atoms with Crippen LogP contribution in [0.2, 0.25) is 0 Å². The molecule has 0 aliphatic carbocycles. The van der Waals surface area contributed by atoms with Crippen LogP contribution in [-0.4, -0.2) is 90.3 Å².